The summed E-state index contributed by atoms with van der Waals surface area (Å²) < 4.78 is 7.03. The van der Waals surface area contributed by atoms with E-state index < -0.39 is 0 Å². The third-order valence-electron chi connectivity index (χ3n) is 3.85. The highest BCUT2D eigenvalue weighted by Gasteiger charge is 2.09. The molecular formula is C18H22ClN3O. The summed E-state index contributed by atoms with van der Waals surface area (Å²) in [6.45, 7) is 2.31. The second-order valence-electron chi connectivity index (χ2n) is 5.33. The molecule has 3 aromatic rings. The Morgan fingerprint density at radius 2 is 1.91 bits per heavy atom. The lowest BCUT2D eigenvalue weighted by Gasteiger charge is -2.10. The summed E-state index contributed by atoms with van der Waals surface area (Å²) in [5.74, 6) is 0. The molecule has 0 aliphatic rings. The second kappa shape index (κ2) is 8.11. The van der Waals surface area contributed by atoms with Gasteiger partial charge in [-0.05, 0) is 28.9 Å². The minimum atomic E-state index is 0. The van der Waals surface area contributed by atoms with Crippen molar-refractivity contribution < 1.29 is 4.74 Å². The zero-order chi connectivity index (χ0) is 15.4. The van der Waals surface area contributed by atoms with Crippen LogP contribution in [0.25, 0.3) is 21.9 Å². The molecule has 0 unspecified atom stereocenters. The van der Waals surface area contributed by atoms with Gasteiger partial charge >= 0.3 is 0 Å². The van der Waals surface area contributed by atoms with Crippen molar-refractivity contribution in [2.45, 2.75) is 13.1 Å². The lowest BCUT2D eigenvalue weighted by atomic mass is 9.96. The molecule has 0 saturated heterocycles. The fraction of sp³-hybridized carbons (Fsp3) is 0.278. The second-order valence-corrected chi connectivity index (χ2v) is 5.33. The van der Waals surface area contributed by atoms with Gasteiger partial charge in [0, 0.05) is 25.4 Å². The van der Waals surface area contributed by atoms with Crippen molar-refractivity contribution in [3.63, 3.8) is 0 Å². The average molecular weight is 332 g/mol. The monoisotopic (exact) mass is 331 g/mol. The largest absolute Gasteiger partial charge is 0.383 e. The maximum atomic E-state index is 5.11. The Bertz CT molecular complexity index is 770. The summed E-state index contributed by atoms with van der Waals surface area (Å²) >= 11 is 0. The van der Waals surface area contributed by atoms with E-state index in [1.54, 1.807) is 7.11 Å². The normalized spacial score (nSPS) is 10.7. The third kappa shape index (κ3) is 3.72. The van der Waals surface area contributed by atoms with E-state index in [0.29, 0.717) is 6.61 Å². The van der Waals surface area contributed by atoms with E-state index in [9.17, 15) is 0 Å². The van der Waals surface area contributed by atoms with Crippen LogP contribution < -0.4 is 5.32 Å². The summed E-state index contributed by atoms with van der Waals surface area (Å²) in [6, 6.07) is 12.9. The average Bonchev–Trinajstić information content (AvgIpc) is 3.02. The number of halogens is 1. The van der Waals surface area contributed by atoms with Crippen LogP contribution in [0, 0.1) is 0 Å². The molecule has 0 aliphatic carbocycles. The summed E-state index contributed by atoms with van der Waals surface area (Å²) in [5, 5.41) is 10.2. The van der Waals surface area contributed by atoms with E-state index in [-0.39, 0.29) is 12.4 Å². The van der Waals surface area contributed by atoms with Crippen LogP contribution in [-0.4, -0.2) is 30.5 Å². The number of benzene rings is 2. The van der Waals surface area contributed by atoms with E-state index in [1.165, 1.54) is 21.9 Å². The van der Waals surface area contributed by atoms with Crippen LogP contribution in [0.1, 0.15) is 5.56 Å². The molecule has 0 saturated carbocycles. The Morgan fingerprint density at radius 3 is 2.65 bits per heavy atom. The fourth-order valence-corrected chi connectivity index (χ4v) is 2.77. The number of hydrogen-bond acceptors (Lipinski definition) is 3. The van der Waals surface area contributed by atoms with Crippen LogP contribution in [0.5, 0.6) is 0 Å². The Morgan fingerprint density at radius 1 is 1.13 bits per heavy atom. The van der Waals surface area contributed by atoms with E-state index in [1.807, 2.05) is 17.9 Å². The number of rotatable bonds is 6. The van der Waals surface area contributed by atoms with Crippen LogP contribution in [0.4, 0.5) is 0 Å². The first kappa shape index (κ1) is 17.5. The Kier molecular flexibility index (Phi) is 6.16. The number of ether oxygens (including phenoxy) is 1. The summed E-state index contributed by atoms with van der Waals surface area (Å²) in [5.41, 5.74) is 3.68. The highest BCUT2D eigenvalue weighted by molar-refractivity contribution is 5.98. The summed E-state index contributed by atoms with van der Waals surface area (Å²) in [7, 11) is 3.68. The number of hydrogen-bond donors (Lipinski definition) is 1. The van der Waals surface area contributed by atoms with Crippen molar-refractivity contribution in [2.24, 2.45) is 0 Å². The number of nitrogens with one attached hydrogen (secondary N) is 1. The molecule has 0 atom stereocenters. The summed E-state index contributed by atoms with van der Waals surface area (Å²) in [6.07, 6.45) is 4.01. The number of methoxy groups -OCH3 is 1. The minimum Gasteiger partial charge on any atom is -0.383 e. The molecule has 0 fully saturated rings. The van der Waals surface area contributed by atoms with Gasteiger partial charge in [0.05, 0.1) is 19.3 Å². The van der Waals surface area contributed by atoms with Gasteiger partial charge in [-0.1, -0.05) is 36.4 Å². The van der Waals surface area contributed by atoms with Crippen molar-refractivity contribution in [1.82, 2.24) is 15.1 Å². The fourth-order valence-electron chi connectivity index (χ4n) is 2.77. The zero-order valence-corrected chi connectivity index (χ0v) is 14.3. The highest BCUT2D eigenvalue weighted by atomic mass is 35.5. The van der Waals surface area contributed by atoms with Crippen LogP contribution in [-0.2, 0) is 17.8 Å². The minimum absolute atomic E-state index is 0. The van der Waals surface area contributed by atoms with Crippen LogP contribution >= 0.6 is 12.4 Å². The predicted octanol–water partition coefficient (Wildman–Crippen LogP) is 3.49. The molecule has 3 rings (SSSR count). The smallest absolute Gasteiger partial charge is 0.0658 e. The first-order valence-corrected chi connectivity index (χ1v) is 7.50. The van der Waals surface area contributed by atoms with Gasteiger partial charge in [-0.3, -0.25) is 4.68 Å². The molecule has 0 aliphatic heterocycles. The maximum absolute atomic E-state index is 5.11. The molecule has 0 spiro atoms. The zero-order valence-electron chi connectivity index (χ0n) is 13.5. The van der Waals surface area contributed by atoms with Gasteiger partial charge in [0.15, 0.2) is 0 Å². The van der Waals surface area contributed by atoms with E-state index in [2.05, 4.69) is 53.0 Å². The predicted molar refractivity (Wildman–Crippen MR) is 97.1 cm³/mol. The SMILES string of the molecule is CNCc1ccc(-c2cnn(CCOC)c2)c2ccccc12.Cl. The van der Waals surface area contributed by atoms with Crippen molar-refractivity contribution in [1.29, 1.82) is 0 Å². The standard InChI is InChI=1S/C18H21N3O.ClH/c1-19-11-14-7-8-17(18-6-4-3-5-16(14)18)15-12-20-21(13-15)9-10-22-2;/h3-8,12-13,19H,9-11H2,1-2H3;1H. The van der Waals surface area contributed by atoms with Gasteiger partial charge in [0.1, 0.15) is 0 Å². The lowest BCUT2D eigenvalue weighted by Crippen LogP contribution is -2.05. The summed E-state index contributed by atoms with van der Waals surface area (Å²) in [4.78, 5) is 0. The van der Waals surface area contributed by atoms with Crippen LogP contribution in [0.2, 0.25) is 0 Å². The first-order chi connectivity index (χ1) is 10.8. The van der Waals surface area contributed by atoms with Gasteiger partial charge in [-0.25, -0.2) is 0 Å². The molecule has 5 heteroatoms. The molecule has 122 valence electrons. The van der Waals surface area contributed by atoms with E-state index in [4.69, 9.17) is 4.74 Å². The molecule has 0 radical (unpaired) electrons. The topological polar surface area (TPSA) is 39.1 Å². The van der Waals surface area contributed by atoms with E-state index in [0.717, 1.165) is 18.7 Å². The Balaban J connectivity index is 0.00000192. The molecule has 0 bridgehead atoms. The molecule has 0 amide bonds. The van der Waals surface area contributed by atoms with Gasteiger partial charge in [0.25, 0.3) is 0 Å². The number of fused-ring (bicyclic) bond motifs is 1. The van der Waals surface area contributed by atoms with Crippen molar-refractivity contribution in [2.75, 3.05) is 20.8 Å². The molecule has 4 nitrogen and oxygen atoms in total. The Labute approximate surface area is 142 Å². The van der Waals surface area contributed by atoms with Crippen molar-refractivity contribution in [3.8, 4) is 11.1 Å². The van der Waals surface area contributed by atoms with Gasteiger partial charge in [-0.2, -0.15) is 5.10 Å². The van der Waals surface area contributed by atoms with Crippen molar-refractivity contribution in [3.05, 3.63) is 54.4 Å². The first-order valence-electron chi connectivity index (χ1n) is 7.50. The van der Waals surface area contributed by atoms with Crippen LogP contribution in [0.15, 0.2) is 48.8 Å². The maximum Gasteiger partial charge on any atom is 0.0658 e. The van der Waals surface area contributed by atoms with Crippen molar-refractivity contribution >= 4 is 23.2 Å². The molecule has 23 heavy (non-hydrogen) atoms. The molecular weight excluding hydrogens is 310 g/mol. The lowest BCUT2D eigenvalue weighted by molar-refractivity contribution is 0.183. The highest BCUT2D eigenvalue weighted by Crippen LogP contribution is 2.30. The molecule has 1 N–H and O–H groups in total. The van der Waals surface area contributed by atoms with Gasteiger partial charge in [0.2, 0.25) is 0 Å². The Hall–Kier alpha value is -1.88. The number of nitrogens with zero attached hydrogens (tertiary/aromatic N) is 2. The van der Waals surface area contributed by atoms with E-state index >= 15 is 0 Å². The van der Waals surface area contributed by atoms with Gasteiger partial charge < -0.3 is 10.1 Å². The van der Waals surface area contributed by atoms with Gasteiger partial charge in [-0.15, -0.1) is 12.4 Å². The third-order valence-corrected chi connectivity index (χ3v) is 3.85. The number of aromatic nitrogens is 2. The molecule has 1 aromatic heterocycles. The molecule has 2 aromatic carbocycles. The molecule has 1 heterocycles. The van der Waals surface area contributed by atoms with Crippen LogP contribution in [0.3, 0.4) is 0 Å². The quantitative estimate of drug-likeness (QED) is 0.751.